The highest BCUT2D eigenvalue weighted by Gasteiger charge is 2.10. The van der Waals surface area contributed by atoms with Gasteiger partial charge in [0.1, 0.15) is 5.82 Å². The van der Waals surface area contributed by atoms with Crippen molar-refractivity contribution in [2.45, 2.75) is 26.2 Å². The molecule has 0 radical (unpaired) electrons. The summed E-state index contributed by atoms with van der Waals surface area (Å²) in [5.74, 6) is 1.03. The van der Waals surface area contributed by atoms with Crippen LogP contribution in [0.5, 0.6) is 0 Å². The van der Waals surface area contributed by atoms with E-state index in [0.29, 0.717) is 30.4 Å². The number of anilines is 1. The second kappa shape index (κ2) is 7.19. The Morgan fingerprint density at radius 1 is 1.13 bits per heavy atom. The normalized spacial score (nSPS) is 11.2. The molecule has 0 spiro atoms. The number of aromatic nitrogens is 4. The smallest absolute Gasteiger partial charge is 0.224 e. The van der Waals surface area contributed by atoms with Crippen molar-refractivity contribution in [2.24, 2.45) is 0 Å². The molecule has 23 heavy (non-hydrogen) atoms. The number of hydrogen-bond donors (Lipinski definition) is 1. The van der Waals surface area contributed by atoms with Gasteiger partial charge in [0.15, 0.2) is 5.65 Å². The first-order chi connectivity index (χ1) is 11.3. The lowest BCUT2D eigenvalue weighted by molar-refractivity contribution is 0.133. The molecule has 0 aliphatic rings. The van der Waals surface area contributed by atoms with E-state index in [9.17, 15) is 0 Å². The van der Waals surface area contributed by atoms with Gasteiger partial charge in [0.2, 0.25) is 5.95 Å². The third-order valence-corrected chi connectivity index (χ3v) is 3.58. The molecule has 0 unspecified atom stereocenters. The van der Waals surface area contributed by atoms with Crippen LogP contribution in [0.3, 0.4) is 0 Å². The van der Waals surface area contributed by atoms with Gasteiger partial charge in [-0.2, -0.15) is 14.6 Å². The molecule has 0 aliphatic carbocycles. The molecular weight excluding hydrogens is 290 g/mol. The summed E-state index contributed by atoms with van der Waals surface area (Å²) < 4.78 is 7.13. The van der Waals surface area contributed by atoms with Gasteiger partial charge in [0.05, 0.1) is 12.3 Å². The Bertz CT molecular complexity index is 769. The van der Waals surface area contributed by atoms with Gasteiger partial charge in [0.25, 0.3) is 0 Å². The summed E-state index contributed by atoms with van der Waals surface area (Å²) in [6.07, 6.45) is 2.86. The van der Waals surface area contributed by atoms with Gasteiger partial charge >= 0.3 is 0 Å². The summed E-state index contributed by atoms with van der Waals surface area (Å²) in [5, 5.41) is 4.48. The van der Waals surface area contributed by atoms with Crippen LogP contribution in [0.15, 0.2) is 36.4 Å². The quantitative estimate of drug-likeness (QED) is 0.679. The van der Waals surface area contributed by atoms with Crippen molar-refractivity contribution in [2.75, 3.05) is 18.9 Å². The zero-order valence-corrected chi connectivity index (χ0v) is 13.3. The number of benzene rings is 1. The van der Waals surface area contributed by atoms with Crippen molar-refractivity contribution in [3.8, 4) is 11.3 Å². The van der Waals surface area contributed by atoms with Crippen LogP contribution in [0.4, 0.5) is 5.95 Å². The topological polar surface area (TPSA) is 78.3 Å². The van der Waals surface area contributed by atoms with Gasteiger partial charge in [-0.25, -0.2) is 4.98 Å². The lowest BCUT2D eigenvalue weighted by atomic mass is 10.2. The Balaban J connectivity index is 1.78. The molecule has 0 saturated carbocycles. The van der Waals surface area contributed by atoms with Crippen LogP contribution in [0.25, 0.3) is 16.9 Å². The summed E-state index contributed by atoms with van der Waals surface area (Å²) in [4.78, 5) is 8.84. The number of ether oxygens (including phenoxy) is 1. The fourth-order valence-electron chi connectivity index (χ4n) is 2.33. The molecule has 2 aromatic heterocycles. The third-order valence-electron chi connectivity index (χ3n) is 3.58. The zero-order valence-electron chi connectivity index (χ0n) is 13.3. The second-order valence-corrected chi connectivity index (χ2v) is 5.38. The Morgan fingerprint density at radius 3 is 2.74 bits per heavy atom. The number of nitrogens with zero attached hydrogens (tertiary/aromatic N) is 4. The molecule has 0 saturated heterocycles. The maximum Gasteiger partial charge on any atom is 0.224 e. The molecule has 1 aromatic carbocycles. The Morgan fingerprint density at radius 2 is 1.96 bits per heavy atom. The van der Waals surface area contributed by atoms with E-state index in [2.05, 4.69) is 22.0 Å². The van der Waals surface area contributed by atoms with Gasteiger partial charge in [0, 0.05) is 24.7 Å². The summed E-state index contributed by atoms with van der Waals surface area (Å²) in [7, 11) is 0. The average Bonchev–Trinajstić information content (AvgIpc) is 3.00. The van der Waals surface area contributed by atoms with Crippen molar-refractivity contribution in [3.05, 3.63) is 42.2 Å². The minimum atomic E-state index is 0.348. The SMILES string of the molecule is CCCCOCCc1nc(N)n2nc(-c3ccccc3)cc2n1. The second-order valence-electron chi connectivity index (χ2n) is 5.38. The highest BCUT2D eigenvalue weighted by molar-refractivity contribution is 5.64. The maximum atomic E-state index is 6.01. The fourth-order valence-corrected chi connectivity index (χ4v) is 2.33. The molecule has 6 heteroatoms. The maximum absolute atomic E-state index is 6.01. The largest absolute Gasteiger partial charge is 0.381 e. The van der Waals surface area contributed by atoms with E-state index in [0.717, 1.165) is 30.7 Å². The predicted molar refractivity (Wildman–Crippen MR) is 90.1 cm³/mol. The van der Waals surface area contributed by atoms with Crippen LogP contribution < -0.4 is 5.73 Å². The Kier molecular flexibility index (Phi) is 4.83. The summed E-state index contributed by atoms with van der Waals surface area (Å²) in [6.45, 7) is 3.53. The molecule has 6 nitrogen and oxygen atoms in total. The molecule has 120 valence electrons. The molecular formula is C17H21N5O. The van der Waals surface area contributed by atoms with Gasteiger partial charge in [-0.05, 0) is 6.42 Å². The standard InChI is InChI=1S/C17H21N5O/c1-2-3-10-23-11-9-15-19-16-12-14(13-7-5-4-6-8-13)21-22(16)17(18)20-15/h4-8,12H,2-3,9-11H2,1H3,(H2,18,19,20). The van der Waals surface area contributed by atoms with Crippen molar-refractivity contribution < 1.29 is 4.74 Å². The van der Waals surface area contributed by atoms with Crippen molar-refractivity contribution in [1.82, 2.24) is 19.6 Å². The van der Waals surface area contributed by atoms with E-state index in [1.54, 1.807) is 4.52 Å². The summed E-state index contributed by atoms with van der Waals surface area (Å²) in [5.41, 5.74) is 8.58. The van der Waals surface area contributed by atoms with E-state index >= 15 is 0 Å². The number of fused-ring (bicyclic) bond motifs is 1. The molecule has 2 heterocycles. The summed E-state index contributed by atoms with van der Waals surface area (Å²) >= 11 is 0. The van der Waals surface area contributed by atoms with E-state index < -0.39 is 0 Å². The van der Waals surface area contributed by atoms with Crippen molar-refractivity contribution in [1.29, 1.82) is 0 Å². The van der Waals surface area contributed by atoms with Gasteiger partial charge in [-0.15, -0.1) is 0 Å². The predicted octanol–water partition coefficient (Wildman–Crippen LogP) is 2.73. The first kappa shape index (κ1) is 15.4. The van der Waals surface area contributed by atoms with Crippen LogP contribution >= 0.6 is 0 Å². The molecule has 3 aromatic rings. The lowest BCUT2D eigenvalue weighted by Crippen LogP contribution is -2.10. The fraction of sp³-hybridized carbons (Fsp3) is 0.353. The molecule has 0 atom stereocenters. The van der Waals surface area contributed by atoms with E-state index in [1.807, 2.05) is 36.4 Å². The van der Waals surface area contributed by atoms with Crippen LogP contribution in [-0.4, -0.2) is 32.8 Å². The molecule has 0 fully saturated rings. The van der Waals surface area contributed by atoms with E-state index in [4.69, 9.17) is 10.5 Å². The summed E-state index contributed by atoms with van der Waals surface area (Å²) in [6, 6.07) is 11.9. The number of rotatable bonds is 7. The monoisotopic (exact) mass is 311 g/mol. The van der Waals surface area contributed by atoms with Crippen LogP contribution in [-0.2, 0) is 11.2 Å². The molecule has 0 bridgehead atoms. The van der Waals surface area contributed by atoms with Gasteiger partial charge in [-0.1, -0.05) is 43.7 Å². The zero-order chi connectivity index (χ0) is 16.1. The first-order valence-corrected chi connectivity index (χ1v) is 7.93. The molecule has 3 rings (SSSR count). The van der Waals surface area contributed by atoms with E-state index in [1.165, 1.54) is 0 Å². The highest BCUT2D eigenvalue weighted by Crippen LogP contribution is 2.19. The third kappa shape index (κ3) is 3.65. The van der Waals surface area contributed by atoms with Crippen LogP contribution in [0.2, 0.25) is 0 Å². The number of nitrogens with two attached hydrogens (primary N) is 1. The molecule has 0 amide bonds. The highest BCUT2D eigenvalue weighted by atomic mass is 16.5. The van der Waals surface area contributed by atoms with Crippen LogP contribution in [0, 0.1) is 0 Å². The van der Waals surface area contributed by atoms with E-state index in [-0.39, 0.29) is 0 Å². The van der Waals surface area contributed by atoms with Crippen molar-refractivity contribution >= 4 is 11.6 Å². The molecule has 2 N–H and O–H groups in total. The first-order valence-electron chi connectivity index (χ1n) is 7.93. The Hall–Kier alpha value is -2.47. The van der Waals surface area contributed by atoms with Gasteiger partial charge < -0.3 is 10.5 Å². The number of nitrogen functional groups attached to an aromatic ring is 1. The lowest BCUT2D eigenvalue weighted by Gasteiger charge is -2.04. The minimum absolute atomic E-state index is 0.348. The van der Waals surface area contributed by atoms with Gasteiger partial charge in [-0.3, -0.25) is 0 Å². The van der Waals surface area contributed by atoms with Crippen LogP contribution in [0.1, 0.15) is 25.6 Å². The van der Waals surface area contributed by atoms with Crippen molar-refractivity contribution in [3.63, 3.8) is 0 Å². The molecule has 0 aliphatic heterocycles. The number of unbranched alkanes of at least 4 members (excludes halogenated alkanes) is 1. The average molecular weight is 311 g/mol. The minimum Gasteiger partial charge on any atom is -0.381 e. The number of hydrogen-bond acceptors (Lipinski definition) is 5. The Labute approximate surface area is 135 Å².